The Balaban J connectivity index is 2.18. The fourth-order valence-corrected chi connectivity index (χ4v) is 1.57. The van der Waals surface area contributed by atoms with Crippen LogP contribution in [0.2, 0.25) is 0 Å². The predicted molar refractivity (Wildman–Crippen MR) is 57.8 cm³/mol. The van der Waals surface area contributed by atoms with Crippen LogP contribution in [0, 0.1) is 11.8 Å². The van der Waals surface area contributed by atoms with Crippen molar-refractivity contribution in [3.63, 3.8) is 0 Å². The first kappa shape index (κ1) is 11.5. The molecular formula is C11H22N2O. The molecule has 0 heterocycles. The lowest BCUT2D eigenvalue weighted by molar-refractivity contribution is -0.123. The number of nitrogens with two attached hydrogens (primary N) is 1. The number of nitrogens with one attached hydrogen (secondary N) is 1. The molecule has 3 N–H and O–H groups in total. The van der Waals surface area contributed by atoms with Crippen LogP contribution < -0.4 is 11.1 Å². The van der Waals surface area contributed by atoms with Crippen LogP contribution in [0.3, 0.4) is 0 Å². The van der Waals surface area contributed by atoms with Gasteiger partial charge in [0.15, 0.2) is 0 Å². The van der Waals surface area contributed by atoms with E-state index in [-0.39, 0.29) is 17.9 Å². The van der Waals surface area contributed by atoms with Crippen molar-refractivity contribution in [1.82, 2.24) is 5.32 Å². The Kier molecular flexibility index (Phi) is 4.39. The van der Waals surface area contributed by atoms with E-state index < -0.39 is 0 Å². The topological polar surface area (TPSA) is 55.1 Å². The molecule has 1 fully saturated rings. The van der Waals surface area contributed by atoms with Crippen molar-refractivity contribution < 1.29 is 4.79 Å². The van der Waals surface area contributed by atoms with Crippen LogP contribution in [-0.2, 0) is 4.79 Å². The lowest BCUT2D eigenvalue weighted by atomic mass is 9.85. The van der Waals surface area contributed by atoms with Gasteiger partial charge in [0.05, 0.1) is 6.04 Å². The van der Waals surface area contributed by atoms with E-state index in [1.54, 1.807) is 0 Å². The SMILES string of the molecule is CC[C@H](C)[C@H](N)C(=O)NCC1CCC1. The molecule has 1 amide bonds. The average Bonchev–Trinajstić information content (AvgIpc) is 2.12. The number of amides is 1. The Labute approximate surface area is 86.4 Å². The summed E-state index contributed by atoms with van der Waals surface area (Å²) >= 11 is 0. The van der Waals surface area contributed by atoms with Gasteiger partial charge in [-0.1, -0.05) is 26.7 Å². The van der Waals surface area contributed by atoms with E-state index in [0.717, 1.165) is 13.0 Å². The summed E-state index contributed by atoms with van der Waals surface area (Å²) in [6.45, 7) is 4.90. The van der Waals surface area contributed by atoms with Crippen LogP contribution in [0.15, 0.2) is 0 Å². The van der Waals surface area contributed by atoms with Gasteiger partial charge in [0.25, 0.3) is 0 Å². The molecule has 0 unspecified atom stereocenters. The third-order valence-electron chi connectivity index (χ3n) is 3.35. The largest absolute Gasteiger partial charge is 0.354 e. The van der Waals surface area contributed by atoms with Crippen LogP contribution in [-0.4, -0.2) is 18.5 Å². The fourth-order valence-electron chi connectivity index (χ4n) is 1.57. The molecule has 1 aliphatic rings. The van der Waals surface area contributed by atoms with Crippen molar-refractivity contribution in [1.29, 1.82) is 0 Å². The van der Waals surface area contributed by atoms with Crippen molar-refractivity contribution in [2.75, 3.05) is 6.54 Å². The van der Waals surface area contributed by atoms with Crippen molar-refractivity contribution in [2.45, 2.75) is 45.6 Å². The highest BCUT2D eigenvalue weighted by Crippen LogP contribution is 2.25. The van der Waals surface area contributed by atoms with Gasteiger partial charge < -0.3 is 11.1 Å². The molecule has 3 heteroatoms. The number of hydrogen-bond donors (Lipinski definition) is 2. The molecule has 0 aliphatic heterocycles. The first-order valence-corrected chi connectivity index (χ1v) is 5.68. The summed E-state index contributed by atoms with van der Waals surface area (Å²) in [4.78, 5) is 11.6. The summed E-state index contributed by atoms with van der Waals surface area (Å²) in [5.41, 5.74) is 5.80. The lowest BCUT2D eigenvalue weighted by Gasteiger charge is -2.26. The van der Waals surface area contributed by atoms with E-state index in [9.17, 15) is 4.79 Å². The second-order valence-electron chi connectivity index (χ2n) is 4.45. The summed E-state index contributed by atoms with van der Waals surface area (Å²) < 4.78 is 0. The third-order valence-corrected chi connectivity index (χ3v) is 3.35. The fraction of sp³-hybridized carbons (Fsp3) is 0.909. The molecule has 1 aliphatic carbocycles. The van der Waals surface area contributed by atoms with Crippen molar-refractivity contribution >= 4 is 5.91 Å². The highest BCUT2D eigenvalue weighted by molar-refractivity contribution is 5.81. The van der Waals surface area contributed by atoms with Gasteiger partial charge in [-0.2, -0.15) is 0 Å². The van der Waals surface area contributed by atoms with Crippen LogP contribution in [0.25, 0.3) is 0 Å². The highest BCUT2D eigenvalue weighted by atomic mass is 16.2. The first-order chi connectivity index (χ1) is 6.65. The van der Waals surface area contributed by atoms with Crippen LogP contribution in [0.1, 0.15) is 39.5 Å². The maximum absolute atomic E-state index is 11.6. The van der Waals surface area contributed by atoms with Gasteiger partial charge in [-0.25, -0.2) is 0 Å². The van der Waals surface area contributed by atoms with Crippen LogP contribution >= 0.6 is 0 Å². The molecule has 1 rings (SSSR count). The number of carbonyl (C=O) groups is 1. The van der Waals surface area contributed by atoms with E-state index in [4.69, 9.17) is 5.73 Å². The van der Waals surface area contributed by atoms with Gasteiger partial charge in [-0.05, 0) is 24.7 Å². The maximum atomic E-state index is 11.6. The quantitative estimate of drug-likeness (QED) is 0.699. The maximum Gasteiger partial charge on any atom is 0.237 e. The minimum absolute atomic E-state index is 0.0197. The van der Waals surface area contributed by atoms with Gasteiger partial charge >= 0.3 is 0 Å². The molecule has 2 atom stereocenters. The molecule has 3 nitrogen and oxygen atoms in total. The molecule has 82 valence electrons. The summed E-state index contributed by atoms with van der Waals surface area (Å²) in [5.74, 6) is 1.01. The van der Waals surface area contributed by atoms with Gasteiger partial charge in [-0.3, -0.25) is 4.79 Å². The summed E-state index contributed by atoms with van der Waals surface area (Å²) in [6, 6.07) is -0.333. The molecule has 0 spiro atoms. The first-order valence-electron chi connectivity index (χ1n) is 5.68. The number of hydrogen-bond acceptors (Lipinski definition) is 2. The van der Waals surface area contributed by atoms with E-state index in [1.165, 1.54) is 19.3 Å². The van der Waals surface area contributed by atoms with Crippen LogP contribution in [0.5, 0.6) is 0 Å². The molecule has 0 aromatic carbocycles. The van der Waals surface area contributed by atoms with E-state index >= 15 is 0 Å². The van der Waals surface area contributed by atoms with Crippen molar-refractivity contribution in [2.24, 2.45) is 17.6 Å². The van der Waals surface area contributed by atoms with Gasteiger partial charge in [0.1, 0.15) is 0 Å². The van der Waals surface area contributed by atoms with Gasteiger partial charge in [0.2, 0.25) is 5.91 Å². The van der Waals surface area contributed by atoms with E-state index in [1.807, 2.05) is 6.92 Å². The number of carbonyl (C=O) groups excluding carboxylic acids is 1. The second-order valence-corrected chi connectivity index (χ2v) is 4.45. The Morgan fingerprint density at radius 1 is 1.57 bits per heavy atom. The Morgan fingerprint density at radius 2 is 2.21 bits per heavy atom. The molecule has 0 radical (unpaired) electrons. The lowest BCUT2D eigenvalue weighted by Crippen LogP contribution is -2.46. The average molecular weight is 198 g/mol. The van der Waals surface area contributed by atoms with E-state index in [0.29, 0.717) is 5.92 Å². The minimum Gasteiger partial charge on any atom is -0.354 e. The third kappa shape index (κ3) is 2.98. The molecule has 0 aromatic heterocycles. The Hall–Kier alpha value is -0.570. The monoisotopic (exact) mass is 198 g/mol. The van der Waals surface area contributed by atoms with Gasteiger partial charge in [-0.15, -0.1) is 0 Å². The highest BCUT2D eigenvalue weighted by Gasteiger charge is 2.22. The Bertz CT molecular complexity index is 190. The molecule has 1 saturated carbocycles. The van der Waals surface area contributed by atoms with Crippen molar-refractivity contribution in [3.8, 4) is 0 Å². The van der Waals surface area contributed by atoms with E-state index in [2.05, 4.69) is 12.2 Å². The zero-order valence-electron chi connectivity index (χ0n) is 9.25. The normalized spacial score (nSPS) is 21.1. The standard InChI is InChI=1S/C11H22N2O/c1-3-8(2)10(12)11(14)13-7-9-5-4-6-9/h8-10H,3-7,12H2,1-2H3,(H,13,14)/t8-,10-/m0/s1. The second kappa shape index (κ2) is 5.35. The Morgan fingerprint density at radius 3 is 2.64 bits per heavy atom. The predicted octanol–water partition coefficient (Wildman–Crippen LogP) is 1.28. The zero-order chi connectivity index (χ0) is 10.6. The molecule has 0 bridgehead atoms. The molecule has 14 heavy (non-hydrogen) atoms. The molecule has 0 aromatic rings. The summed E-state index contributed by atoms with van der Waals surface area (Å²) in [6.07, 6.45) is 4.80. The molecular weight excluding hydrogens is 176 g/mol. The van der Waals surface area contributed by atoms with Crippen LogP contribution in [0.4, 0.5) is 0 Å². The summed E-state index contributed by atoms with van der Waals surface area (Å²) in [5, 5.41) is 2.94. The number of rotatable bonds is 5. The summed E-state index contributed by atoms with van der Waals surface area (Å²) in [7, 11) is 0. The smallest absolute Gasteiger partial charge is 0.237 e. The molecule has 0 saturated heterocycles. The minimum atomic E-state index is -0.333. The zero-order valence-corrected chi connectivity index (χ0v) is 9.25. The van der Waals surface area contributed by atoms with Crippen molar-refractivity contribution in [3.05, 3.63) is 0 Å². The van der Waals surface area contributed by atoms with Gasteiger partial charge in [0, 0.05) is 6.54 Å².